The lowest BCUT2D eigenvalue weighted by atomic mass is 10.0. The Morgan fingerprint density at radius 1 is 1.40 bits per heavy atom. The van der Waals surface area contributed by atoms with E-state index in [0.29, 0.717) is 27.6 Å². The number of fused-ring (bicyclic) bond motifs is 1. The maximum atomic E-state index is 11.5. The summed E-state index contributed by atoms with van der Waals surface area (Å²) >= 11 is 1.25. The van der Waals surface area contributed by atoms with Crippen LogP contribution in [0.3, 0.4) is 0 Å². The van der Waals surface area contributed by atoms with E-state index in [-0.39, 0.29) is 12.5 Å². The first-order valence-corrected chi connectivity index (χ1v) is 6.68. The highest BCUT2D eigenvalue weighted by atomic mass is 32.1. The Morgan fingerprint density at radius 2 is 2.20 bits per heavy atom. The molecular formula is C13H11N3O3S. The van der Waals surface area contributed by atoms with Crippen LogP contribution in [0.25, 0.3) is 11.1 Å². The minimum Gasteiger partial charge on any atom is -0.482 e. The van der Waals surface area contributed by atoms with Gasteiger partial charge in [-0.2, -0.15) is 0 Å². The molecule has 1 aromatic carbocycles. The number of amides is 2. The Kier molecular flexibility index (Phi) is 2.83. The van der Waals surface area contributed by atoms with Crippen molar-refractivity contribution in [3.8, 4) is 16.9 Å². The average Bonchev–Trinajstić information content (AvgIpc) is 2.80. The zero-order valence-corrected chi connectivity index (χ0v) is 11.1. The fourth-order valence-corrected chi connectivity index (χ4v) is 2.92. The molecule has 1 aliphatic rings. The number of nitrogens with one attached hydrogen (secondary N) is 1. The molecule has 20 heavy (non-hydrogen) atoms. The number of nitrogen functional groups attached to an aromatic ring is 1. The molecule has 5 N–H and O–H groups in total. The van der Waals surface area contributed by atoms with E-state index in [2.05, 4.69) is 5.32 Å². The zero-order valence-electron chi connectivity index (χ0n) is 10.3. The number of hydrogen-bond acceptors (Lipinski definition) is 5. The Hall–Kier alpha value is -2.54. The van der Waals surface area contributed by atoms with Crippen LogP contribution in [0.15, 0.2) is 23.6 Å². The van der Waals surface area contributed by atoms with Crippen molar-refractivity contribution in [2.24, 2.45) is 5.73 Å². The molecule has 0 spiro atoms. The number of carbonyl (C=O) groups excluding carboxylic acids is 2. The first-order chi connectivity index (χ1) is 9.56. The topological polar surface area (TPSA) is 107 Å². The molecule has 1 aromatic heterocycles. The van der Waals surface area contributed by atoms with Crippen LogP contribution in [0.1, 0.15) is 10.4 Å². The third kappa shape index (κ3) is 1.97. The predicted octanol–water partition coefficient (Wildman–Crippen LogP) is 1.43. The number of anilines is 2. The third-order valence-electron chi connectivity index (χ3n) is 2.99. The lowest BCUT2D eigenvalue weighted by molar-refractivity contribution is -0.118. The Morgan fingerprint density at radius 3 is 2.95 bits per heavy atom. The van der Waals surface area contributed by atoms with E-state index in [4.69, 9.17) is 16.2 Å². The van der Waals surface area contributed by atoms with Crippen LogP contribution in [0.4, 0.5) is 10.7 Å². The first-order valence-electron chi connectivity index (χ1n) is 5.80. The molecule has 7 heteroatoms. The molecule has 3 rings (SSSR count). The number of rotatable bonds is 2. The van der Waals surface area contributed by atoms with Crippen LogP contribution < -0.4 is 21.5 Å². The van der Waals surface area contributed by atoms with Crippen molar-refractivity contribution in [2.75, 3.05) is 17.7 Å². The number of carbonyl (C=O) groups is 2. The summed E-state index contributed by atoms with van der Waals surface area (Å²) in [5.41, 5.74) is 13.4. The monoisotopic (exact) mass is 289 g/mol. The van der Waals surface area contributed by atoms with Crippen molar-refractivity contribution in [3.63, 3.8) is 0 Å². The van der Waals surface area contributed by atoms with Crippen LogP contribution >= 0.6 is 11.3 Å². The van der Waals surface area contributed by atoms with Crippen molar-refractivity contribution in [1.29, 1.82) is 0 Å². The summed E-state index contributed by atoms with van der Waals surface area (Å²) < 4.78 is 5.28. The summed E-state index contributed by atoms with van der Waals surface area (Å²) in [6.45, 7) is 0.00425. The number of hydrogen-bond donors (Lipinski definition) is 3. The van der Waals surface area contributed by atoms with E-state index >= 15 is 0 Å². The zero-order chi connectivity index (χ0) is 14.3. The summed E-state index contributed by atoms with van der Waals surface area (Å²) in [5, 5.41) is 4.86. The smallest absolute Gasteiger partial charge is 0.262 e. The van der Waals surface area contributed by atoms with Gasteiger partial charge in [-0.05, 0) is 17.7 Å². The van der Waals surface area contributed by atoms with Crippen molar-refractivity contribution in [1.82, 2.24) is 0 Å². The summed E-state index contributed by atoms with van der Waals surface area (Å²) in [6.07, 6.45) is 0. The van der Waals surface area contributed by atoms with Crippen LogP contribution in [0.2, 0.25) is 0 Å². The van der Waals surface area contributed by atoms with Crippen LogP contribution in [-0.4, -0.2) is 18.4 Å². The Balaban J connectivity index is 2.10. The second-order valence-corrected chi connectivity index (χ2v) is 5.21. The molecule has 0 radical (unpaired) electrons. The van der Waals surface area contributed by atoms with Gasteiger partial charge in [0.05, 0.1) is 16.3 Å². The van der Waals surface area contributed by atoms with Gasteiger partial charge in [0.15, 0.2) is 6.61 Å². The van der Waals surface area contributed by atoms with E-state index in [1.165, 1.54) is 11.3 Å². The van der Waals surface area contributed by atoms with Crippen LogP contribution in [-0.2, 0) is 4.79 Å². The number of ether oxygens (including phenoxy) is 1. The standard InChI is InChI=1S/C13H11N3O3S/c14-12(18)11-7(5-20-13(11)15)6-1-2-9-8(3-6)16-10(17)4-19-9/h1-3,5H,4,15H2,(H2,14,18)(H,16,17). The summed E-state index contributed by atoms with van der Waals surface area (Å²) in [4.78, 5) is 22.8. The Bertz CT molecular complexity index is 724. The van der Waals surface area contributed by atoms with Crippen molar-refractivity contribution in [2.45, 2.75) is 0 Å². The largest absolute Gasteiger partial charge is 0.482 e. The maximum Gasteiger partial charge on any atom is 0.262 e. The van der Waals surface area contributed by atoms with Gasteiger partial charge >= 0.3 is 0 Å². The highest BCUT2D eigenvalue weighted by Gasteiger charge is 2.20. The number of thiophene rings is 1. The summed E-state index contributed by atoms with van der Waals surface area (Å²) in [7, 11) is 0. The average molecular weight is 289 g/mol. The van der Waals surface area contributed by atoms with Gasteiger partial charge in [0, 0.05) is 10.9 Å². The lowest BCUT2D eigenvalue weighted by Gasteiger charge is -2.18. The molecule has 0 fully saturated rings. The molecule has 0 saturated heterocycles. The van der Waals surface area contributed by atoms with Crippen LogP contribution in [0.5, 0.6) is 5.75 Å². The number of nitrogens with two attached hydrogens (primary N) is 2. The SMILES string of the molecule is NC(=O)c1c(-c2ccc3c(c2)NC(=O)CO3)csc1N. The first kappa shape index (κ1) is 12.5. The van der Waals surface area contributed by atoms with E-state index in [0.717, 1.165) is 5.56 Å². The fourth-order valence-electron chi connectivity index (χ4n) is 2.09. The Labute approximate surface area is 118 Å². The molecule has 0 aliphatic carbocycles. The minimum atomic E-state index is -0.572. The van der Waals surface area contributed by atoms with E-state index in [9.17, 15) is 9.59 Å². The number of primary amides is 1. The van der Waals surface area contributed by atoms with Crippen molar-refractivity contribution < 1.29 is 14.3 Å². The molecule has 2 heterocycles. The molecule has 0 saturated carbocycles. The molecule has 6 nitrogen and oxygen atoms in total. The fraction of sp³-hybridized carbons (Fsp3) is 0.0769. The molecule has 1 aliphatic heterocycles. The minimum absolute atomic E-state index is 0.00425. The van der Waals surface area contributed by atoms with Gasteiger partial charge in [-0.3, -0.25) is 9.59 Å². The predicted molar refractivity (Wildman–Crippen MR) is 76.8 cm³/mol. The quantitative estimate of drug-likeness (QED) is 0.777. The highest BCUT2D eigenvalue weighted by Crippen LogP contribution is 2.37. The van der Waals surface area contributed by atoms with Gasteiger partial charge in [0.2, 0.25) is 0 Å². The maximum absolute atomic E-state index is 11.5. The lowest BCUT2D eigenvalue weighted by Crippen LogP contribution is -2.25. The highest BCUT2D eigenvalue weighted by molar-refractivity contribution is 7.15. The van der Waals surface area contributed by atoms with Crippen molar-refractivity contribution >= 4 is 33.8 Å². The van der Waals surface area contributed by atoms with Gasteiger partial charge in [0.25, 0.3) is 11.8 Å². The summed E-state index contributed by atoms with van der Waals surface area (Å²) in [6, 6.07) is 5.27. The second kappa shape index (κ2) is 4.53. The van der Waals surface area contributed by atoms with E-state index in [1.807, 2.05) is 0 Å². The molecule has 0 bridgehead atoms. The van der Waals surface area contributed by atoms with Crippen LogP contribution in [0, 0.1) is 0 Å². The molecule has 2 aromatic rings. The van der Waals surface area contributed by atoms with Gasteiger partial charge in [-0.15, -0.1) is 11.3 Å². The van der Waals surface area contributed by atoms with Gasteiger partial charge in [-0.25, -0.2) is 0 Å². The third-order valence-corrected chi connectivity index (χ3v) is 3.80. The summed E-state index contributed by atoms with van der Waals surface area (Å²) in [5.74, 6) is -0.191. The molecule has 102 valence electrons. The molecule has 0 atom stereocenters. The second-order valence-electron chi connectivity index (χ2n) is 4.30. The van der Waals surface area contributed by atoms with Gasteiger partial charge in [0.1, 0.15) is 5.75 Å². The number of benzene rings is 1. The molecular weight excluding hydrogens is 278 g/mol. The molecule has 2 amide bonds. The normalized spacial score (nSPS) is 13.3. The molecule has 0 unspecified atom stereocenters. The van der Waals surface area contributed by atoms with Gasteiger partial charge < -0.3 is 21.5 Å². The van der Waals surface area contributed by atoms with E-state index in [1.54, 1.807) is 23.6 Å². The van der Waals surface area contributed by atoms with Crippen molar-refractivity contribution in [3.05, 3.63) is 29.1 Å². The van der Waals surface area contributed by atoms with E-state index < -0.39 is 5.91 Å². The van der Waals surface area contributed by atoms with Gasteiger partial charge in [-0.1, -0.05) is 6.07 Å².